The second kappa shape index (κ2) is 5.89. The van der Waals surface area contributed by atoms with Crippen LogP contribution in [0.5, 0.6) is 5.75 Å². The van der Waals surface area contributed by atoms with Crippen molar-refractivity contribution >= 4 is 0 Å². The molecule has 2 rings (SSSR count). The number of aromatic nitrogens is 2. The van der Waals surface area contributed by atoms with Gasteiger partial charge in [0.05, 0.1) is 19.0 Å². The summed E-state index contributed by atoms with van der Waals surface area (Å²) in [4.78, 5) is 0. The summed E-state index contributed by atoms with van der Waals surface area (Å²) in [5.74, 6) is 0.888. The van der Waals surface area contributed by atoms with Gasteiger partial charge in [0.25, 0.3) is 0 Å². The number of nitrogens with zero attached hydrogens (tertiary/aromatic N) is 2. The number of methoxy groups -OCH3 is 1. The first kappa shape index (κ1) is 13.6. The second-order valence-corrected chi connectivity index (χ2v) is 4.63. The van der Waals surface area contributed by atoms with Crippen LogP contribution >= 0.6 is 0 Å². The van der Waals surface area contributed by atoms with Crippen LogP contribution in [0.2, 0.25) is 0 Å². The van der Waals surface area contributed by atoms with Gasteiger partial charge in [-0.3, -0.25) is 0 Å². The maximum absolute atomic E-state index is 5.50. The van der Waals surface area contributed by atoms with Crippen molar-refractivity contribution in [1.29, 1.82) is 0 Å². The van der Waals surface area contributed by atoms with Gasteiger partial charge in [-0.2, -0.15) is 5.10 Å². The Morgan fingerprint density at radius 3 is 2.79 bits per heavy atom. The number of hydrogen-bond donors (Lipinski definition) is 1. The molecule has 0 aliphatic heterocycles. The number of aryl methyl sites for hydroxylation is 1. The largest absolute Gasteiger partial charge is 0.496 e. The predicted octanol–water partition coefficient (Wildman–Crippen LogP) is 2.86. The van der Waals surface area contributed by atoms with Gasteiger partial charge in [0.15, 0.2) is 0 Å². The van der Waals surface area contributed by atoms with Gasteiger partial charge in [0.1, 0.15) is 5.75 Å². The molecule has 0 spiro atoms. The van der Waals surface area contributed by atoms with Crippen LogP contribution in [0.3, 0.4) is 0 Å². The Balaban J connectivity index is 2.53. The van der Waals surface area contributed by atoms with Crippen LogP contribution in [0.15, 0.2) is 30.6 Å². The third-order valence-electron chi connectivity index (χ3n) is 3.16. The SMILES string of the molecule is CCNC(C)c1c(OC)cccc1-n1cc(C)cn1. The molecule has 0 aliphatic carbocycles. The van der Waals surface area contributed by atoms with Gasteiger partial charge in [-0.15, -0.1) is 0 Å². The minimum atomic E-state index is 0.209. The minimum Gasteiger partial charge on any atom is -0.496 e. The Kier molecular flexibility index (Phi) is 4.22. The summed E-state index contributed by atoms with van der Waals surface area (Å²) in [7, 11) is 1.70. The van der Waals surface area contributed by atoms with E-state index in [9.17, 15) is 0 Å². The van der Waals surface area contributed by atoms with Gasteiger partial charge in [-0.25, -0.2) is 4.68 Å². The van der Waals surface area contributed by atoms with E-state index in [4.69, 9.17) is 4.74 Å². The van der Waals surface area contributed by atoms with Gasteiger partial charge in [0, 0.05) is 17.8 Å². The van der Waals surface area contributed by atoms with Crippen LogP contribution in [0.1, 0.15) is 31.0 Å². The monoisotopic (exact) mass is 259 g/mol. The Bertz CT molecular complexity index is 548. The van der Waals surface area contributed by atoms with E-state index in [1.807, 2.05) is 36.1 Å². The lowest BCUT2D eigenvalue weighted by atomic mass is 10.0. The molecule has 4 nitrogen and oxygen atoms in total. The zero-order chi connectivity index (χ0) is 13.8. The summed E-state index contributed by atoms with van der Waals surface area (Å²) in [5, 5.41) is 7.83. The van der Waals surface area contributed by atoms with E-state index in [-0.39, 0.29) is 6.04 Å². The third-order valence-corrected chi connectivity index (χ3v) is 3.16. The van der Waals surface area contributed by atoms with Crippen molar-refractivity contribution in [3.63, 3.8) is 0 Å². The molecule has 0 fully saturated rings. The highest BCUT2D eigenvalue weighted by atomic mass is 16.5. The summed E-state index contributed by atoms with van der Waals surface area (Å²) in [6, 6.07) is 6.26. The van der Waals surface area contributed by atoms with Crippen molar-refractivity contribution in [2.45, 2.75) is 26.8 Å². The quantitative estimate of drug-likeness (QED) is 0.897. The highest BCUT2D eigenvalue weighted by molar-refractivity contribution is 5.51. The summed E-state index contributed by atoms with van der Waals surface area (Å²) in [6.07, 6.45) is 3.89. The average Bonchev–Trinajstić information content (AvgIpc) is 2.84. The first-order valence-electron chi connectivity index (χ1n) is 6.59. The van der Waals surface area contributed by atoms with Gasteiger partial charge in [-0.1, -0.05) is 13.0 Å². The van der Waals surface area contributed by atoms with E-state index in [0.29, 0.717) is 0 Å². The van der Waals surface area contributed by atoms with Crippen molar-refractivity contribution in [2.75, 3.05) is 13.7 Å². The van der Waals surface area contributed by atoms with Crippen molar-refractivity contribution in [2.24, 2.45) is 0 Å². The molecule has 0 radical (unpaired) electrons. The van der Waals surface area contributed by atoms with E-state index < -0.39 is 0 Å². The first-order valence-corrected chi connectivity index (χ1v) is 6.59. The average molecular weight is 259 g/mol. The Morgan fingerprint density at radius 1 is 1.42 bits per heavy atom. The van der Waals surface area contributed by atoms with Gasteiger partial charge >= 0.3 is 0 Å². The van der Waals surface area contributed by atoms with Crippen molar-refractivity contribution in [3.05, 3.63) is 41.7 Å². The van der Waals surface area contributed by atoms with Crippen LogP contribution in [-0.2, 0) is 0 Å². The van der Waals surface area contributed by atoms with Crippen molar-refractivity contribution in [3.8, 4) is 11.4 Å². The summed E-state index contributed by atoms with van der Waals surface area (Å²) in [6.45, 7) is 7.19. The molecular weight excluding hydrogens is 238 g/mol. The molecule has 1 aromatic carbocycles. The van der Waals surface area contributed by atoms with E-state index in [1.54, 1.807) is 7.11 Å². The Hall–Kier alpha value is -1.81. The lowest BCUT2D eigenvalue weighted by Gasteiger charge is -2.20. The first-order chi connectivity index (χ1) is 9.17. The fourth-order valence-corrected chi connectivity index (χ4v) is 2.30. The minimum absolute atomic E-state index is 0.209. The van der Waals surface area contributed by atoms with Crippen LogP contribution in [0, 0.1) is 6.92 Å². The lowest BCUT2D eigenvalue weighted by Crippen LogP contribution is -2.20. The molecule has 1 atom stereocenters. The summed E-state index contributed by atoms with van der Waals surface area (Å²) >= 11 is 0. The highest BCUT2D eigenvalue weighted by Gasteiger charge is 2.17. The van der Waals surface area contributed by atoms with Crippen LogP contribution in [-0.4, -0.2) is 23.4 Å². The molecule has 0 saturated carbocycles. The Morgan fingerprint density at radius 2 is 2.21 bits per heavy atom. The van der Waals surface area contributed by atoms with Crippen LogP contribution in [0.25, 0.3) is 5.69 Å². The van der Waals surface area contributed by atoms with E-state index >= 15 is 0 Å². The molecule has 1 unspecified atom stereocenters. The zero-order valence-electron chi connectivity index (χ0n) is 12.0. The predicted molar refractivity (Wildman–Crippen MR) is 76.9 cm³/mol. The molecule has 0 aliphatic rings. The number of rotatable bonds is 5. The second-order valence-electron chi connectivity index (χ2n) is 4.63. The number of nitrogens with one attached hydrogen (secondary N) is 1. The molecule has 0 saturated heterocycles. The van der Waals surface area contributed by atoms with E-state index in [1.165, 1.54) is 0 Å². The topological polar surface area (TPSA) is 39.1 Å². The normalized spacial score (nSPS) is 12.4. The molecule has 102 valence electrons. The van der Waals surface area contributed by atoms with Gasteiger partial charge < -0.3 is 10.1 Å². The van der Waals surface area contributed by atoms with Crippen molar-refractivity contribution < 1.29 is 4.74 Å². The van der Waals surface area contributed by atoms with Crippen LogP contribution in [0.4, 0.5) is 0 Å². The lowest BCUT2D eigenvalue weighted by molar-refractivity contribution is 0.401. The summed E-state index contributed by atoms with van der Waals surface area (Å²) < 4.78 is 7.40. The molecule has 0 bridgehead atoms. The molecule has 19 heavy (non-hydrogen) atoms. The molecular formula is C15H21N3O. The van der Waals surface area contributed by atoms with E-state index in [0.717, 1.165) is 29.1 Å². The van der Waals surface area contributed by atoms with Gasteiger partial charge in [0.2, 0.25) is 0 Å². The highest BCUT2D eigenvalue weighted by Crippen LogP contribution is 2.30. The smallest absolute Gasteiger partial charge is 0.125 e. The molecule has 0 amide bonds. The fourth-order valence-electron chi connectivity index (χ4n) is 2.30. The molecule has 1 N–H and O–H groups in total. The number of hydrogen-bond acceptors (Lipinski definition) is 3. The molecule has 2 aromatic rings. The Labute approximate surface area is 114 Å². The fraction of sp³-hybridized carbons (Fsp3) is 0.400. The number of ether oxygens (including phenoxy) is 1. The molecule has 1 aromatic heterocycles. The zero-order valence-corrected chi connectivity index (χ0v) is 12.0. The van der Waals surface area contributed by atoms with Gasteiger partial charge in [-0.05, 0) is 38.1 Å². The third kappa shape index (κ3) is 2.79. The van der Waals surface area contributed by atoms with E-state index in [2.05, 4.69) is 30.3 Å². The van der Waals surface area contributed by atoms with Crippen molar-refractivity contribution in [1.82, 2.24) is 15.1 Å². The standard InChI is InChI=1S/C15H21N3O/c1-5-16-12(3)15-13(7-6-8-14(15)19-4)18-10-11(2)9-17-18/h6-10,12,16H,5H2,1-4H3. The maximum Gasteiger partial charge on any atom is 0.125 e. The molecule has 1 heterocycles. The number of benzene rings is 1. The summed E-state index contributed by atoms with van der Waals surface area (Å²) in [5.41, 5.74) is 3.33. The maximum atomic E-state index is 5.50. The molecule has 4 heteroatoms. The van der Waals surface area contributed by atoms with Crippen LogP contribution < -0.4 is 10.1 Å².